The Labute approximate surface area is 447 Å². The van der Waals surface area contributed by atoms with Crippen LogP contribution in [0.2, 0.25) is 0 Å². The van der Waals surface area contributed by atoms with Crippen LogP contribution in [-0.2, 0) is 6.18 Å². The zero-order valence-corrected chi connectivity index (χ0v) is 42.2. The quantitative estimate of drug-likeness (QED) is 0.157. The molecule has 0 saturated carbocycles. The first-order valence-electron chi connectivity index (χ1n) is 25.5. The number of hydrogen-bond donors (Lipinski definition) is 0. The average Bonchev–Trinajstić information content (AvgIpc) is 4.20. The van der Waals surface area contributed by atoms with Crippen LogP contribution in [0, 0.1) is 68.5 Å². The Morgan fingerprint density at radius 2 is 1.05 bits per heavy atom. The van der Waals surface area contributed by atoms with Crippen molar-refractivity contribution in [2.75, 3.05) is 0 Å². The molecule has 10 heteroatoms. The van der Waals surface area contributed by atoms with E-state index in [2.05, 4.69) is 50.3 Å². The van der Waals surface area contributed by atoms with Crippen LogP contribution < -0.4 is 0 Å². The molecule has 0 fully saturated rings. The van der Waals surface area contributed by atoms with Crippen molar-refractivity contribution in [1.29, 1.82) is 26.3 Å². The molecular weight excluding hydrogens is 972 g/mol. The molecule has 7 nitrogen and oxygen atoms in total. The van der Waals surface area contributed by atoms with Gasteiger partial charge in [-0.05, 0) is 160 Å². The van der Waals surface area contributed by atoms with Crippen molar-refractivity contribution in [1.82, 2.24) is 9.13 Å². The Hall–Kier alpha value is -10.4. The largest absolute Gasteiger partial charge is 0.420 e. The van der Waals surface area contributed by atoms with Gasteiger partial charge >= 0.3 is 6.18 Å². The molecule has 2 aliphatic rings. The third kappa shape index (κ3) is 8.02. The summed E-state index contributed by atoms with van der Waals surface area (Å²) in [7, 11) is 0. The molecule has 0 radical (unpaired) electrons. The average molecular weight is 1010 g/mol. The molecule has 0 bridgehead atoms. The van der Waals surface area contributed by atoms with Gasteiger partial charge in [0.15, 0.2) is 0 Å². The lowest BCUT2D eigenvalue weighted by Gasteiger charge is -2.24. The van der Waals surface area contributed by atoms with Crippen molar-refractivity contribution < 1.29 is 13.2 Å². The highest BCUT2D eigenvalue weighted by Gasteiger charge is 2.41. The van der Waals surface area contributed by atoms with Crippen LogP contribution in [-0.4, -0.2) is 9.13 Å². The van der Waals surface area contributed by atoms with Crippen molar-refractivity contribution in [2.45, 2.75) is 32.9 Å². The first kappa shape index (κ1) is 48.5. The molecule has 8 aromatic carbocycles. The van der Waals surface area contributed by atoms with Crippen molar-refractivity contribution in [3.63, 3.8) is 0 Å². The predicted octanol–water partition coefficient (Wildman–Crippen LogP) is 17.3. The van der Waals surface area contributed by atoms with Crippen molar-refractivity contribution >= 4 is 54.8 Å². The van der Waals surface area contributed by atoms with Crippen LogP contribution in [0.1, 0.15) is 60.1 Å². The molecule has 2 aromatic heterocycles. The summed E-state index contributed by atoms with van der Waals surface area (Å²) in [5.74, 6) is 0.287. The highest BCUT2D eigenvalue weighted by atomic mass is 19.4. The SMILES string of the molecule is CC1C=C(c2ccc3c(c2)c2cc(-c4ccccc4C#N)ccc2n3-c2c(-c3cccc(C#N)c3)ccc(-n3c4ccc(C5=C(C#N)C=CC(C)C5)cc4c4cc(-c5ccccc5C#N)ccc43)c2C(F)(F)F)C(C#N)=CC1. The number of hydrogen-bond acceptors (Lipinski definition) is 5. The number of aromatic nitrogens is 2. The van der Waals surface area contributed by atoms with E-state index in [1.54, 1.807) is 75.9 Å². The van der Waals surface area contributed by atoms with Gasteiger partial charge in [0.05, 0.1) is 91.6 Å². The maximum atomic E-state index is 17.3. The number of nitriles is 5. The van der Waals surface area contributed by atoms with E-state index in [9.17, 15) is 26.3 Å². The number of nitrogens with zero attached hydrogens (tertiary/aromatic N) is 7. The Balaban J connectivity index is 1.22. The minimum atomic E-state index is -5.02. The number of halogens is 3. The van der Waals surface area contributed by atoms with Gasteiger partial charge in [0, 0.05) is 27.1 Å². The van der Waals surface area contributed by atoms with Gasteiger partial charge in [0.25, 0.3) is 0 Å². The Morgan fingerprint density at radius 3 is 1.63 bits per heavy atom. The molecule has 2 aliphatic carbocycles. The number of rotatable bonds is 7. The second-order valence-corrected chi connectivity index (χ2v) is 20.0. The van der Waals surface area contributed by atoms with Crippen LogP contribution >= 0.6 is 0 Å². The van der Waals surface area contributed by atoms with E-state index in [4.69, 9.17) is 0 Å². The van der Waals surface area contributed by atoms with Gasteiger partial charge in [0.2, 0.25) is 0 Å². The fourth-order valence-corrected chi connectivity index (χ4v) is 11.6. The molecule has 0 aliphatic heterocycles. The van der Waals surface area contributed by atoms with Gasteiger partial charge in [-0.1, -0.05) is 111 Å². The zero-order chi connectivity index (χ0) is 54.0. The Kier molecular flexibility index (Phi) is 11.8. The number of allylic oxidation sites excluding steroid dienone is 8. The summed E-state index contributed by atoms with van der Waals surface area (Å²) in [6, 6.07) is 58.1. The lowest BCUT2D eigenvalue weighted by Crippen LogP contribution is -2.17. The van der Waals surface area contributed by atoms with Gasteiger partial charge in [-0.15, -0.1) is 0 Å². The molecule has 12 rings (SSSR count). The molecular formula is C68H42F3N7. The molecule has 0 N–H and O–H groups in total. The molecule has 10 aromatic rings. The first-order chi connectivity index (χ1) is 37.9. The van der Waals surface area contributed by atoms with Gasteiger partial charge in [-0.25, -0.2) is 0 Å². The van der Waals surface area contributed by atoms with Crippen LogP contribution in [0.25, 0.3) is 99.5 Å². The summed E-state index contributed by atoms with van der Waals surface area (Å²) in [5.41, 5.74) is 9.20. The molecule has 0 spiro atoms. The summed E-state index contributed by atoms with van der Waals surface area (Å²) in [6.07, 6.45) is 4.08. The second kappa shape index (κ2) is 19.0. The minimum Gasteiger partial charge on any atom is -0.309 e. The lowest BCUT2D eigenvalue weighted by atomic mass is 9.86. The van der Waals surface area contributed by atoms with Crippen LogP contribution in [0.5, 0.6) is 0 Å². The Morgan fingerprint density at radius 1 is 0.500 bits per heavy atom. The van der Waals surface area contributed by atoms with Crippen molar-refractivity contribution in [3.05, 3.63) is 227 Å². The van der Waals surface area contributed by atoms with Crippen LogP contribution in [0.4, 0.5) is 13.2 Å². The highest BCUT2D eigenvalue weighted by molar-refractivity contribution is 6.14. The summed E-state index contributed by atoms with van der Waals surface area (Å²) in [5, 5.41) is 53.7. The monoisotopic (exact) mass is 1010 g/mol. The first-order valence-corrected chi connectivity index (χ1v) is 25.5. The molecule has 2 atom stereocenters. The van der Waals surface area contributed by atoms with E-state index in [1.807, 2.05) is 103 Å². The number of alkyl halides is 3. The predicted molar refractivity (Wildman–Crippen MR) is 301 cm³/mol. The summed E-state index contributed by atoms with van der Waals surface area (Å²) >= 11 is 0. The topological polar surface area (TPSA) is 129 Å². The minimum absolute atomic E-state index is 0.139. The third-order valence-corrected chi connectivity index (χ3v) is 15.2. The summed E-state index contributed by atoms with van der Waals surface area (Å²) in [6.45, 7) is 4.14. The van der Waals surface area contributed by atoms with E-state index in [1.165, 1.54) is 6.07 Å². The molecule has 2 heterocycles. The van der Waals surface area contributed by atoms with Gasteiger partial charge in [-0.2, -0.15) is 39.5 Å². The second-order valence-electron chi connectivity index (χ2n) is 20.0. The van der Waals surface area contributed by atoms with Crippen LogP contribution in [0.15, 0.2) is 193 Å². The fourth-order valence-electron chi connectivity index (χ4n) is 11.6. The smallest absolute Gasteiger partial charge is 0.309 e. The normalized spacial score (nSPS) is 15.4. The Bertz CT molecular complexity index is 4600. The van der Waals surface area contributed by atoms with Gasteiger partial charge in [-0.3, -0.25) is 0 Å². The summed E-state index contributed by atoms with van der Waals surface area (Å²) in [4.78, 5) is 0. The maximum Gasteiger partial charge on any atom is 0.420 e. The molecule has 78 heavy (non-hydrogen) atoms. The van der Waals surface area contributed by atoms with Crippen LogP contribution in [0.3, 0.4) is 0 Å². The van der Waals surface area contributed by atoms with E-state index < -0.39 is 11.7 Å². The molecule has 370 valence electrons. The third-order valence-electron chi connectivity index (χ3n) is 15.2. The fraction of sp³-hybridized carbons (Fsp3) is 0.103. The van der Waals surface area contributed by atoms with E-state index >= 15 is 13.2 Å². The summed E-state index contributed by atoms with van der Waals surface area (Å²) < 4.78 is 55.2. The maximum absolute atomic E-state index is 17.3. The molecule has 0 saturated heterocycles. The van der Waals surface area contributed by atoms with Crippen molar-refractivity contribution in [2.24, 2.45) is 11.8 Å². The highest BCUT2D eigenvalue weighted by Crippen LogP contribution is 2.49. The molecule has 0 amide bonds. The van der Waals surface area contributed by atoms with Crippen molar-refractivity contribution in [3.8, 4) is 75.1 Å². The zero-order valence-electron chi connectivity index (χ0n) is 42.2. The van der Waals surface area contributed by atoms with Gasteiger partial charge in [0.1, 0.15) is 5.56 Å². The standard InChI is InChI=1S/C68H42F3N7/c1-40-14-16-50(38-75)55(28-40)46-20-24-62-58(33-46)57-31-44(52-12-5-3-9-48(52)36-73)18-23-61(57)77(62)65-27-22-54(43-11-7-8-42(30-43)35-72)67(66(65)68(69,70)71)78-63-25-19-45(53-13-6-4-10-49(53)37-74)32-59(63)60-34-47(21-26-64(60)78)56-29-41(2)15-17-51(56)39-76/h3-14,16-27,29-34,40-41H,15,28H2,1-2H3. The molecule has 2 unspecified atom stereocenters. The number of fused-ring (bicyclic) bond motifs is 6. The van der Waals surface area contributed by atoms with Gasteiger partial charge < -0.3 is 9.13 Å². The van der Waals surface area contributed by atoms with E-state index in [0.717, 1.165) is 22.3 Å². The lowest BCUT2D eigenvalue weighted by molar-refractivity contribution is -0.137. The van der Waals surface area contributed by atoms with E-state index in [0.29, 0.717) is 107 Å². The number of benzene rings is 8. The van der Waals surface area contributed by atoms with E-state index in [-0.39, 0.29) is 34.3 Å².